The van der Waals surface area contributed by atoms with E-state index in [-0.39, 0.29) is 33.6 Å². The molecule has 0 saturated heterocycles. The zero-order valence-electron chi connectivity index (χ0n) is 30.3. The van der Waals surface area contributed by atoms with E-state index in [9.17, 15) is 13.0 Å². The molecule has 3 aromatic carbocycles. The first-order valence-corrected chi connectivity index (χ1v) is 20.3. The van der Waals surface area contributed by atoms with Gasteiger partial charge in [-0.1, -0.05) is 80.1 Å². The lowest BCUT2D eigenvalue weighted by molar-refractivity contribution is -0.437. The van der Waals surface area contributed by atoms with Gasteiger partial charge in [0.15, 0.2) is 12.3 Å². The van der Waals surface area contributed by atoms with E-state index in [4.69, 9.17) is 23.8 Å². The number of rotatable bonds is 12. The Morgan fingerprint density at radius 3 is 2.48 bits per heavy atom. The zero-order valence-corrected chi connectivity index (χ0v) is 34.3. The van der Waals surface area contributed by atoms with Crippen LogP contribution in [-0.4, -0.2) is 53.8 Å². The molecule has 0 spiro atoms. The Morgan fingerprint density at radius 1 is 0.962 bits per heavy atom. The van der Waals surface area contributed by atoms with E-state index in [1.807, 2.05) is 6.07 Å². The number of nitrogens with zero attached hydrogens (tertiary/aromatic N) is 3. The summed E-state index contributed by atoms with van der Waals surface area (Å²) in [6.45, 7) is 11.2. The highest BCUT2D eigenvalue weighted by molar-refractivity contribution is 7.85. The number of hydrogen-bond acceptors (Lipinski definition) is 5. The number of unbranched alkanes of at least 4 members (excludes halogenated alkanes) is 1. The van der Waals surface area contributed by atoms with Gasteiger partial charge < -0.3 is 21.9 Å². The average molecular weight is 821 g/mol. The maximum atomic E-state index is 11.3. The molecule has 0 unspecified atom stereocenters. The molecular formula is C42H47BrClN3O3S2. The second-order valence-corrected chi connectivity index (χ2v) is 16.9. The van der Waals surface area contributed by atoms with E-state index in [1.54, 1.807) is 0 Å². The van der Waals surface area contributed by atoms with E-state index >= 15 is 0 Å². The summed E-state index contributed by atoms with van der Waals surface area (Å²) in [5.74, 6) is -0.231. The van der Waals surface area contributed by atoms with Crippen molar-refractivity contribution in [3.63, 3.8) is 0 Å². The van der Waals surface area contributed by atoms with Crippen molar-refractivity contribution in [3.05, 3.63) is 118 Å². The third kappa shape index (κ3) is 8.15. The lowest BCUT2D eigenvalue weighted by atomic mass is 9.79. The SMILES string of the molecule is CC1(C)C(/C=C/C2=C(Cl)C(=C/C=C3/N(CCCCS(=O)(=O)O)c4ccccc4C3(C)C)/CCC2)=[N+](CCCN=C=S)c2ccc3ccccc3c21.[Br-]. The van der Waals surface area contributed by atoms with Crippen LogP contribution in [0.25, 0.3) is 10.8 Å². The maximum absolute atomic E-state index is 11.3. The van der Waals surface area contributed by atoms with Gasteiger partial charge in [-0.05, 0) is 104 Å². The second-order valence-electron chi connectivity index (χ2n) is 14.7. The summed E-state index contributed by atoms with van der Waals surface area (Å²) in [6.07, 6.45) is 13.6. The van der Waals surface area contributed by atoms with Crippen molar-refractivity contribution < 1.29 is 34.5 Å². The molecule has 0 radical (unpaired) electrons. The molecule has 274 valence electrons. The number of hydrogen-bond donors (Lipinski definition) is 1. The number of allylic oxidation sites excluding steroid dienone is 8. The highest BCUT2D eigenvalue weighted by Crippen LogP contribution is 2.48. The van der Waals surface area contributed by atoms with Crippen LogP contribution in [0.4, 0.5) is 11.4 Å². The van der Waals surface area contributed by atoms with Crippen LogP contribution >= 0.6 is 23.8 Å². The Balaban J connectivity index is 0.00000523. The Morgan fingerprint density at radius 2 is 1.71 bits per heavy atom. The number of para-hydroxylation sites is 1. The van der Waals surface area contributed by atoms with Gasteiger partial charge in [0.05, 0.1) is 22.9 Å². The molecule has 0 atom stereocenters. The highest BCUT2D eigenvalue weighted by atomic mass is 79.9. The van der Waals surface area contributed by atoms with E-state index in [0.29, 0.717) is 25.9 Å². The van der Waals surface area contributed by atoms with Crippen molar-refractivity contribution in [1.82, 2.24) is 0 Å². The number of aliphatic imine (C=N–C) groups is 1. The molecule has 0 bridgehead atoms. The molecule has 0 saturated carbocycles. The highest BCUT2D eigenvalue weighted by Gasteiger charge is 2.45. The maximum Gasteiger partial charge on any atom is 0.264 e. The van der Waals surface area contributed by atoms with Crippen LogP contribution in [0.2, 0.25) is 0 Å². The van der Waals surface area contributed by atoms with Gasteiger partial charge in [0.1, 0.15) is 0 Å². The molecule has 0 amide bonds. The standard InChI is InChI=1S/C42H46ClN3O3S2.BrH/c1-41(2)34-17-7-8-18-35(34)45(26-9-10-28-51(47,48)49)37(41)23-20-31-14-11-15-32(40(31)43)21-24-38-42(3,4)39-33-16-6-5-13-30(33)19-22-36(39)46(38)27-12-25-44-29-50;/h5-8,13,16-24H,9-12,14-15,25-28H2,1-4H3;1H. The van der Waals surface area contributed by atoms with Gasteiger partial charge in [0, 0.05) is 52.5 Å². The first-order chi connectivity index (χ1) is 24.3. The third-order valence-electron chi connectivity index (χ3n) is 10.6. The molecule has 52 heavy (non-hydrogen) atoms. The van der Waals surface area contributed by atoms with Crippen LogP contribution in [-0.2, 0) is 20.9 Å². The summed E-state index contributed by atoms with van der Waals surface area (Å²) in [4.78, 5) is 6.47. The molecule has 1 aliphatic carbocycles. The van der Waals surface area contributed by atoms with E-state index in [0.717, 1.165) is 59.8 Å². The molecule has 0 aromatic heterocycles. The molecule has 2 aliphatic heterocycles. The summed E-state index contributed by atoms with van der Waals surface area (Å²) in [5, 5.41) is 5.84. The normalized spacial score (nSPS) is 19.4. The molecule has 3 aromatic rings. The molecule has 0 fully saturated rings. The fraction of sp³-hybridized carbons (Fsp3) is 0.381. The van der Waals surface area contributed by atoms with Gasteiger partial charge in [-0.15, -0.1) is 0 Å². The predicted octanol–water partition coefficient (Wildman–Crippen LogP) is 7.22. The largest absolute Gasteiger partial charge is 1.00 e. The number of fused-ring (bicyclic) bond motifs is 4. The first kappa shape index (κ1) is 40.0. The molecule has 2 heterocycles. The second kappa shape index (κ2) is 16.5. The Bertz CT molecular complexity index is 2180. The molecule has 6 nitrogen and oxygen atoms in total. The molecule has 3 aliphatic rings. The van der Waals surface area contributed by atoms with Gasteiger partial charge in [-0.2, -0.15) is 13.0 Å². The Labute approximate surface area is 329 Å². The van der Waals surface area contributed by atoms with Crippen LogP contribution < -0.4 is 21.9 Å². The summed E-state index contributed by atoms with van der Waals surface area (Å²) in [7, 11) is -3.98. The minimum Gasteiger partial charge on any atom is -1.00 e. The summed E-state index contributed by atoms with van der Waals surface area (Å²) >= 11 is 12.1. The van der Waals surface area contributed by atoms with Crippen LogP contribution in [0.1, 0.15) is 77.3 Å². The van der Waals surface area contributed by atoms with Crippen LogP contribution in [0.5, 0.6) is 0 Å². The van der Waals surface area contributed by atoms with Crippen LogP contribution in [0.3, 0.4) is 0 Å². The topological polar surface area (TPSA) is 73.0 Å². The van der Waals surface area contributed by atoms with Crippen molar-refractivity contribution >= 4 is 67.0 Å². The van der Waals surface area contributed by atoms with Gasteiger partial charge in [-0.3, -0.25) is 4.55 Å². The van der Waals surface area contributed by atoms with E-state index in [2.05, 4.69) is 126 Å². The molecule has 10 heteroatoms. The molecular weight excluding hydrogens is 774 g/mol. The fourth-order valence-electron chi connectivity index (χ4n) is 8.13. The minimum absolute atomic E-state index is 0. The predicted molar refractivity (Wildman–Crippen MR) is 216 cm³/mol. The minimum atomic E-state index is -3.98. The van der Waals surface area contributed by atoms with Crippen molar-refractivity contribution in [1.29, 1.82) is 0 Å². The number of anilines is 1. The third-order valence-corrected chi connectivity index (χ3v) is 12.1. The van der Waals surface area contributed by atoms with Crippen LogP contribution in [0, 0.1) is 0 Å². The smallest absolute Gasteiger partial charge is 0.264 e. The monoisotopic (exact) mass is 819 g/mol. The van der Waals surface area contributed by atoms with E-state index in [1.165, 1.54) is 33.3 Å². The van der Waals surface area contributed by atoms with Gasteiger partial charge in [0.2, 0.25) is 5.69 Å². The average Bonchev–Trinajstić information content (AvgIpc) is 3.45. The summed E-state index contributed by atoms with van der Waals surface area (Å²) in [6, 6.07) is 21.5. The van der Waals surface area contributed by atoms with Gasteiger partial charge >= 0.3 is 0 Å². The van der Waals surface area contributed by atoms with Gasteiger partial charge in [-0.25, -0.2) is 4.99 Å². The quantitative estimate of drug-likeness (QED) is 0.0688. The van der Waals surface area contributed by atoms with Crippen molar-refractivity contribution in [2.45, 2.75) is 77.0 Å². The number of benzene rings is 3. The van der Waals surface area contributed by atoms with Crippen LogP contribution in [0.15, 0.2) is 112 Å². The summed E-state index contributed by atoms with van der Waals surface area (Å²) in [5.41, 5.74) is 9.14. The van der Waals surface area contributed by atoms with Gasteiger partial charge in [0.25, 0.3) is 10.1 Å². The van der Waals surface area contributed by atoms with Crippen molar-refractivity contribution in [3.8, 4) is 0 Å². The lowest BCUT2D eigenvalue weighted by Gasteiger charge is -2.27. The Hall–Kier alpha value is -3.17. The number of isothiocyanates is 1. The molecule has 6 rings (SSSR count). The zero-order chi connectivity index (χ0) is 36.4. The fourth-order valence-corrected chi connectivity index (χ4v) is 9.11. The first-order valence-electron chi connectivity index (χ1n) is 17.9. The van der Waals surface area contributed by atoms with Crippen molar-refractivity contribution in [2.75, 3.05) is 30.3 Å². The summed E-state index contributed by atoms with van der Waals surface area (Å²) < 4.78 is 34.4. The van der Waals surface area contributed by atoms with E-state index < -0.39 is 10.1 Å². The lowest BCUT2D eigenvalue weighted by Crippen LogP contribution is -3.00. The Kier molecular flexibility index (Phi) is 12.7. The molecule has 1 N–H and O–H groups in total. The number of halogens is 2. The number of thiocarbonyl (C=S) groups is 1. The van der Waals surface area contributed by atoms with Crippen molar-refractivity contribution in [2.24, 2.45) is 4.99 Å².